The van der Waals surface area contributed by atoms with Crippen LogP contribution in [0.4, 0.5) is 0 Å². The molecule has 0 atom stereocenters. The Morgan fingerprint density at radius 1 is 0.739 bits per heavy atom. The number of hydrogen-bond donors (Lipinski definition) is 0. The highest BCUT2D eigenvalue weighted by molar-refractivity contribution is 6.09. The predicted molar refractivity (Wildman–Crippen MR) is 190 cm³/mol. The van der Waals surface area contributed by atoms with E-state index in [4.69, 9.17) is 14.8 Å². The summed E-state index contributed by atoms with van der Waals surface area (Å²) in [7, 11) is 0. The minimum atomic E-state index is 0.499. The molecule has 0 radical (unpaired) electrons. The molecule has 7 aromatic rings. The molecule has 0 N–H and O–H groups in total. The van der Waals surface area contributed by atoms with Crippen LogP contribution in [0, 0.1) is 19.8 Å². The highest BCUT2D eigenvalue weighted by Crippen LogP contribution is 2.36. The fourth-order valence-corrected chi connectivity index (χ4v) is 6.65. The van der Waals surface area contributed by atoms with Crippen LogP contribution in [0.2, 0.25) is 0 Å². The molecule has 0 saturated carbocycles. The lowest BCUT2D eigenvalue weighted by Gasteiger charge is -2.13. The number of ether oxygens (including phenoxy) is 1. The van der Waals surface area contributed by atoms with Crippen molar-refractivity contribution in [3.8, 4) is 34.1 Å². The molecule has 5 heteroatoms. The number of rotatable bonds is 8. The molecule has 0 unspecified atom stereocenters. The first-order valence-corrected chi connectivity index (χ1v) is 16.2. The van der Waals surface area contributed by atoms with Crippen LogP contribution in [0.5, 0.6) is 11.5 Å². The van der Waals surface area contributed by atoms with Gasteiger partial charge in [-0.1, -0.05) is 64.1 Å². The van der Waals surface area contributed by atoms with Gasteiger partial charge in [0.05, 0.1) is 22.9 Å². The summed E-state index contributed by atoms with van der Waals surface area (Å²) < 4.78 is 10.7. The van der Waals surface area contributed by atoms with E-state index in [9.17, 15) is 0 Å². The average molecular weight is 605 g/mol. The van der Waals surface area contributed by atoms with Gasteiger partial charge in [-0.15, -0.1) is 0 Å². The maximum absolute atomic E-state index is 6.50. The third kappa shape index (κ3) is 5.58. The van der Waals surface area contributed by atoms with E-state index in [0.717, 1.165) is 46.0 Å². The van der Waals surface area contributed by atoms with E-state index in [1.807, 2.05) is 41.3 Å². The number of para-hydroxylation sites is 1. The summed E-state index contributed by atoms with van der Waals surface area (Å²) in [6.07, 6.45) is 6.99. The Kier molecular flexibility index (Phi) is 7.69. The molecule has 0 amide bonds. The second kappa shape index (κ2) is 12.0. The smallest absolute Gasteiger partial charge is 0.137 e. The molecule has 46 heavy (non-hydrogen) atoms. The van der Waals surface area contributed by atoms with Crippen molar-refractivity contribution in [2.24, 2.45) is 5.92 Å². The van der Waals surface area contributed by atoms with Gasteiger partial charge in [-0.3, -0.25) is 4.57 Å². The van der Waals surface area contributed by atoms with Crippen molar-refractivity contribution in [3.05, 3.63) is 132 Å². The van der Waals surface area contributed by atoms with Crippen molar-refractivity contribution in [2.75, 3.05) is 0 Å². The summed E-state index contributed by atoms with van der Waals surface area (Å²) in [5.74, 6) is 3.51. The molecule has 0 aliphatic rings. The predicted octanol–water partition coefficient (Wildman–Crippen LogP) is 10.8. The number of aromatic nitrogens is 4. The minimum Gasteiger partial charge on any atom is -0.457 e. The zero-order chi connectivity index (χ0) is 31.9. The lowest BCUT2D eigenvalue weighted by Crippen LogP contribution is -2.01. The molecule has 0 bridgehead atoms. The van der Waals surface area contributed by atoms with Crippen molar-refractivity contribution in [3.63, 3.8) is 0 Å². The van der Waals surface area contributed by atoms with Gasteiger partial charge in [0.25, 0.3) is 0 Å². The number of hydrogen-bond acceptors (Lipinski definition) is 3. The van der Waals surface area contributed by atoms with Gasteiger partial charge in [0.2, 0.25) is 0 Å². The second-order valence-electron chi connectivity index (χ2n) is 13.1. The molecule has 4 aromatic carbocycles. The molecule has 0 aliphatic carbocycles. The first-order valence-electron chi connectivity index (χ1n) is 16.2. The Bertz CT molecular complexity index is 2180. The molecule has 0 fully saturated rings. The maximum atomic E-state index is 6.50. The first kappa shape index (κ1) is 29.5. The Balaban J connectivity index is 1.22. The van der Waals surface area contributed by atoms with Crippen molar-refractivity contribution < 1.29 is 4.74 Å². The highest BCUT2D eigenvalue weighted by atomic mass is 16.5. The number of benzene rings is 4. The van der Waals surface area contributed by atoms with E-state index in [2.05, 4.69) is 119 Å². The molecule has 3 aromatic heterocycles. The lowest BCUT2D eigenvalue weighted by molar-refractivity contribution is 0.483. The third-order valence-electron chi connectivity index (χ3n) is 8.74. The largest absolute Gasteiger partial charge is 0.457 e. The van der Waals surface area contributed by atoms with Gasteiger partial charge in [-0.05, 0) is 102 Å². The van der Waals surface area contributed by atoms with Gasteiger partial charge in [0, 0.05) is 40.9 Å². The van der Waals surface area contributed by atoms with Crippen LogP contribution in [-0.2, 0) is 6.42 Å². The van der Waals surface area contributed by atoms with E-state index in [-0.39, 0.29) is 0 Å². The second-order valence-corrected chi connectivity index (χ2v) is 13.1. The van der Waals surface area contributed by atoms with Crippen molar-refractivity contribution in [1.82, 2.24) is 19.3 Å². The standard InChI is InChI=1S/C41H40N4O/c1-26(2)18-30-16-17-42-40(21-30)45-38-13-8-7-12-36(38)37-15-14-35(23-39(37)45)46-34-11-9-10-33(22-34)44-25-32(24-43-44)41-28(5)19-31(27(3)4)20-29(41)6/h7-17,19-27H,18H2,1-6H3. The third-order valence-corrected chi connectivity index (χ3v) is 8.74. The van der Waals surface area contributed by atoms with Gasteiger partial charge in [0.15, 0.2) is 0 Å². The van der Waals surface area contributed by atoms with E-state index >= 15 is 0 Å². The molecule has 5 nitrogen and oxygen atoms in total. The van der Waals surface area contributed by atoms with Crippen LogP contribution >= 0.6 is 0 Å². The average Bonchev–Trinajstić information content (AvgIpc) is 3.64. The summed E-state index contributed by atoms with van der Waals surface area (Å²) in [5, 5.41) is 7.10. The molecule has 0 spiro atoms. The quantitative estimate of drug-likeness (QED) is 0.173. The Morgan fingerprint density at radius 2 is 1.50 bits per heavy atom. The minimum absolute atomic E-state index is 0.499. The van der Waals surface area contributed by atoms with Crippen LogP contribution in [0.3, 0.4) is 0 Å². The van der Waals surface area contributed by atoms with Crippen molar-refractivity contribution in [1.29, 1.82) is 0 Å². The summed E-state index contributed by atoms with van der Waals surface area (Å²) in [6.45, 7) is 13.4. The lowest BCUT2D eigenvalue weighted by atomic mass is 9.91. The monoisotopic (exact) mass is 604 g/mol. The molecular weight excluding hydrogens is 564 g/mol. The number of aryl methyl sites for hydroxylation is 2. The topological polar surface area (TPSA) is 44.9 Å². The van der Waals surface area contributed by atoms with Gasteiger partial charge in [-0.25, -0.2) is 9.67 Å². The van der Waals surface area contributed by atoms with E-state index in [0.29, 0.717) is 11.8 Å². The van der Waals surface area contributed by atoms with E-state index in [1.165, 1.54) is 38.6 Å². The Hall–Kier alpha value is -5.16. The van der Waals surface area contributed by atoms with Crippen molar-refractivity contribution >= 4 is 21.8 Å². The number of nitrogens with zero attached hydrogens (tertiary/aromatic N) is 4. The Labute approximate surface area is 271 Å². The SMILES string of the molecule is Cc1cc(C(C)C)cc(C)c1-c1cnn(-c2cccc(Oc3ccc4c5ccccc5n(-c5cc(CC(C)C)ccn5)c4c3)c2)c1. The van der Waals surface area contributed by atoms with Crippen LogP contribution in [0.25, 0.3) is 44.4 Å². The fourth-order valence-electron chi connectivity index (χ4n) is 6.65. The number of fused-ring (bicyclic) bond motifs is 3. The molecular formula is C41H40N4O. The summed E-state index contributed by atoms with van der Waals surface area (Å²) >= 11 is 0. The van der Waals surface area contributed by atoms with Gasteiger partial charge in [-0.2, -0.15) is 5.10 Å². The Morgan fingerprint density at radius 3 is 2.28 bits per heavy atom. The van der Waals surface area contributed by atoms with Crippen LogP contribution in [-0.4, -0.2) is 19.3 Å². The zero-order valence-electron chi connectivity index (χ0n) is 27.5. The zero-order valence-corrected chi connectivity index (χ0v) is 27.5. The number of pyridine rings is 1. The van der Waals surface area contributed by atoms with Crippen LogP contribution in [0.1, 0.15) is 55.9 Å². The molecule has 7 rings (SSSR count). The van der Waals surface area contributed by atoms with Crippen LogP contribution in [0.15, 0.2) is 110 Å². The maximum Gasteiger partial charge on any atom is 0.137 e. The summed E-state index contributed by atoms with van der Waals surface area (Å²) in [5.41, 5.74) is 10.7. The summed E-state index contributed by atoms with van der Waals surface area (Å²) in [4.78, 5) is 4.81. The van der Waals surface area contributed by atoms with Gasteiger partial charge >= 0.3 is 0 Å². The molecule has 0 saturated heterocycles. The van der Waals surface area contributed by atoms with Crippen molar-refractivity contribution in [2.45, 2.75) is 53.9 Å². The molecule has 230 valence electrons. The normalized spacial score (nSPS) is 11.7. The highest BCUT2D eigenvalue weighted by Gasteiger charge is 2.16. The van der Waals surface area contributed by atoms with Gasteiger partial charge < -0.3 is 4.74 Å². The first-order chi connectivity index (χ1) is 22.2. The van der Waals surface area contributed by atoms with E-state index in [1.54, 1.807) is 0 Å². The van der Waals surface area contributed by atoms with Crippen LogP contribution < -0.4 is 4.74 Å². The van der Waals surface area contributed by atoms with Gasteiger partial charge in [0.1, 0.15) is 17.3 Å². The summed E-state index contributed by atoms with van der Waals surface area (Å²) in [6, 6.07) is 31.9. The fraction of sp³-hybridized carbons (Fsp3) is 0.220. The molecule has 0 aliphatic heterocycles. The molecule has 3 heterocycles. The van der Waals surface area contributed by atoms with E-state index < -0.39 is 0 Å².